The largest absolute Gasteiger partial charge is 0.369 e. The molecule has 2 heterocycles. The van der Waals surface area contributed by atoms with Gasteiger partial charge in [-0.25, -0.2) is 0 Å². The third-order valence-corrected chi connectivity index (χ3v) is 3.61. The molecule has 4 nitrogen and oxygen atoms in total. The first-order valence-corrected chi connectivity index (χ1v) is 5.41. The molecule has 0 aromatic carbocycles. The van der Waals surface area contributed by atoms with E-state index in [1.165, 1.54) is 0 Å². The maximum atomic E-state index is 11.2. The highest BCUT2D eigenvalue weighted by Gasteiger charge is 2.52. The van der Waals surface area contributed by atoms with Gasteiger partial charge in [0.1, 0.15) is 6.29 Å². The number of carbonyl (C=O) groups excluding carboxylic acids is 2. The molecule has 0 spiro atoms. The van der Waals surface area contributed by atoms with E-state index in [1.807, 2.05) is 0 Å². The number of hydrogen-bond acceptors (Lipinski definition) is 3. The standard InChI is InChI=1S/C11H17NO3/c1-8(14)12(2)7-11-4-3-10(15-11)9(5-11)6-13/h6,9-10H,3-5,7H2,1-2H3/t9-,10?,11?/m0/s1. The van der Waals surface area contributed by atoms with Crippen LogP contribution < -0.4 is 0 Å². The number of amides is 1. The van der Waals surface area contributed by atoms with E-state index in [0.717, 1.165) is 25.5 Å². The number of rotatable bonds is 3. The van der Waals surface area contributed by atoms with Crippen molar-refractivity contribution in [2.45, 2.75) is 37.9 Å². The average Bonchev–Trinajstić information content (AvgIpc) is 2.74. The highest BCUT2D eigenvalue weighted by Crippen LogP contribution is 2.46. The molecule has 2 bridgehead atoms. The molecule has 0 saturated carbocycles. The van der Waals surface area contributed by atoms with Gasteiger partial charge in [-0.15, -0.1) is 0 Å². The summed E-state index contributed by atoms with van der Waals surface area (Å²) in [5.41, 5.74) is -0.239. The van der Waals surface area contributed by atoms with Crippen LogP contribution in [-0.2, 0) is 14.3 Å². The second-order valence-corrected chi connectivity index (χ2v) is 4.76. The van der Waals surface area contributed by atoms with Crippen molar-refractivity contribution in [2.24, 2.45) is 5.92 Å². The molecule has 15 heavy (non-hydrogen) atoms. The molecule has 4 heteroatoms. The molecule has 0 N–H and O–H groups in total. The zero-order chi connectivity index (χ0) is 11.1. The van der Waals surface area contributed by atoms with Crippen molar-refractivity contribution in [1.82, 2.24) is 4.90 Å². The minimum absolute atomic E-state index is 0.0408. The van der Waals surface area contributed by atoms with Gasteiger partial charge in [0, 0.05) is 26.4 Å². The summed E-state index contributed by atoms with van der Waals surface area (Å²) in [7, 11) is 1.78. The Balaban J connectivity index is 2.03. The Hall–Kier alpha value is -0.900. The number of ether oxygens (including phenoxy) is 1. The first kappa shape index (κ1) is 10.6. The molecule has 2 aliphatic rings. The molecule has 0 aliphatic carbocycles. The Bertz CT molecular complexity index is 292. The number of carbonyl (C=O) groups is 2. The lowest BCUT2D eigenvalue weighted by atomic mass is 9.81. The first-order valence-electron chi connectivity index (χ1n) is 5.41. The predicted molar refractivity (Wildman–Crippen MR) is 54.3 cm³/mol. The van der Waals surface area contributed by atoms with Crippen LogP contribution in [0.2, 0.25) is 0 Å². The Morgan fingerprint density at radius 3 is 2.93 bits per heavy atom. The van der Waals surface area contributed by atoms with Crippen LogP contribution in [0, 0.1) is 5.92 Å². The Morgan fingerprint density at radius 1 is 1.67 bits per heavy atom. The molecule has 0 radical (unpaired) electrons. The van der Waals surface area contributed by atoms with Gasteiger partial charge in [-0.1, -0.05) is 0 Å². The van der Waals surface area contributed by atoms with Crippen molar-refractivity contribution in [3.05, 3.63) is 0 Å². The summed E-state index contributed by atoms with van der Waals surface area (Å²) in [6.45, 7) is 2.17. The molecule has 2 unspecified atom stereocenters. The van der Waals surface area contributed by atoms with Gasteiger partial charge < -0.3 is 14.4 Å². The summed E-state index contributed by atoms with van der Waals surface area (Å²) in [4.78, 5) is 23.6. The fraction of sp³-hybridized carbons (Fsp3) is 0.818. The van der Waals surface area contributed by atoms with Crippen LogP contribution >= 0.6 is 0 Å². The number of hydrogen-bond donors (Lipinski definition) is 0. The second kappa shape index (κ2) is 3.59. The van der Waals surface area contributed by atoms with Crippen molar-refractivity contribution in [3.63, 3.8) is 0 Å². The SMILES string of the molecule is CC(=O)N(C)CC12CCC(O1)[C@H](C=O)C2. The minimum Gasteiger partial charge on any atom is -0.369 e. The Morgan fingerprint density at radius 2 is 2.40 bits per heavy atom. The third kappa shape index (κ3) is 1.78. The molecule has 84 valence electrons. The van der Waals surface area contributed by atoms with Gasteiger partial charge in [0.2, 0.25) is 5.91 Å². The number of likely N-dealkylation sites (N-methyl/N-ethyl adjacent to an activating group) is 1. The van der Waals surface area contributed by atoms with Crippen LogP contribution in [0.1, 0.15) is 26.2 Å². The second-order valence-electron chi connectivity index (χ2n) is 4.76. The van der Waals surface area contributed by atoms with Crippen LogP contribution in [0.4, 0.5) is 0 Å². The van der Waals surface area contributed by atoms with Crippen molar-refractivity contribution in [3.8, 4) is 0 Å². The maximum absolute atomic E-state index is 11.2. The van der Waals surface area contributed by atoms with Gasteiger partial charge in [-0.2, -0.15) is 0 Å². The topological polar surface area (TPSA) is 46.6 Å². The highest BCUT2D eigenvalue weighted by molar-refractivity contribution is 5.73. The average molecular weight is 211 g/mol. The molecule has 1 amide bonds. The maximum Gasteiger partial charge on any atom is 0.219 e. The van der Waals surface area contributed by atoms with Gasteiger partial charge in [0.05, 0.1) is 11.7 Å². The van der Waals surface area contributed by atoms with Gasteiger partial charge in [0.15, 0.2) is 0 Å². The van der Waals surface area contributed by atoms with Crippen molar-refractivity contribution in [2.75, 3.05) is 13.6 Å². The van der Waals surface area contributed by atoms with E-state index in [0.29, 0.717) is 6.54 Å². The van der Waals surface area contributed by atoms with Gasteiger partial charge in [-0.3, -0.25) is 4.79 Å². The minimum atomic E-state index is -0.239. The normalized spacial score (nSPS) is 38.0. The van der Waals surface area contributed by atoms with E-state index in [9.17, 15) is 9.59 Å². The van der Waals surface area contributed by atoms with E-state index in [1.54, 1.807) is 18.9 Å². The zero-order valence-electron chi connectivity index (χ0n) is 9.23. The quantitative estimate of drug-likeness (QED) is 0.642. The molecule has 2 fully saturated rings. The van der Waals surface area contributed by atoms with E-state index in [-0.39, 0.29) is 23.5 Å². The van der Waals surface area contributed by atoms with Crippen LogP contribution in [0.5, 0.6) is 0 Å². The lowest BCUT2D eigenvalue weighted by molar-refractivity contribution is -0.130. The first-order chi connectivity index (χ1) is 7.06. The molecule has 0 aromatic heterocycles. The van der Waals surface area contributed by atoms with E-state index < -0.39 is 0 Å². The molecular formula is C11H17NO3. The lowest BCUT2D eigenvalue weighted by Gasteiger charge is -2.30. The summed E-state index contributed by atoms with van der Waals surface area (Å²) < 4.78 is 5.86. The van der Waals surface area contributed by atoms with Crippen LogP contribution in [0.25, 0.3) is 0 Å². The summed E-state index contributed by atoms with van der Waals surface area (Å²) in [5.74, 6) is 0.0880. The fourth-order valence-corrected chi connectivity index (χ4v) is 2.72. The van der Waals surface area contributed by atoms with E-state index in [2.05, 4.69) is 0 Å². The van der Waals surface area contributed by atoms with Crippen molar-refractivity contribution < 1.29 is 14.3 Å². The Kier molecular flexibility index (Phi) is 2.54. The summed E-state index contributed by atoms with van der Waals surface area (Å²) in [6.07, 6.45) is 3.80. The van der Waals surface area contributed by atoms with Gasteiger partial charge >= 0.3 is 0 Å². The van der Waals surface area contributed by atoms with E-state index in [4.69, 9.17) is 4.74 Å². The van der Waals surface area contributed by atoms with E-state index >= 15 is 0 Å². The third-order valence-electron chi connectivity index (χ3n) is 3.61. The number of fused-ring (bicyclic) bond motifs is 2. The highest BCUT2D eigenvalue weighted by atomic mass is 16.5. The number of aldehydes is 1. The van der Waals surface area contributed by atoms with Crippen molar-refractivity contribution >= 4 is 12.2 Å². The van der Waals surface area contributed by atoms with Crippen molar-refractivity contribution in [1.29, 1.82) is 0 Å². The van der Waals surface area contributed by atoms with Crippen LogP contribution in [0.3, 0.4) is 0 Å². The smallest absolute Gasteiger partial charge is 0.219 e. The summed E-state index contributed by atoms with van der Waals surface area (Å²) in [5, 5.41) is 0. The monoisotopic (exact) mass is 211 g/mol. The molecule has 2 aliphatic heterocycles. The molecule has 3 atom stereocenters. The summed E-state index contributed by atoms with van der Waals surface area (Å²) >= 11 is 0. The zero-order valence-corrected chi connectivity index (χ0v) is 9.23. The van der Waals surface area contributed by atoms with Gasteiger partial charge in [-0.05, 0) is 19.3 Å². The molecule has 2 rings (SSSR count). The Labute approximate surface area is 89.6 Å². The summed E-state index contributed by atoms with van der Waals surface area (Å²) in [6, 6.07) is 0. The predicted octanol–water partition coefficient (Wildman–Crippen LogP) is 0.601. The lowest BCUT2D eigenvalue weighted by Crippen LogP contribution is -2.41. The molecule has 0 aromatic rings. The number of nitrogens with zero attached hydrogens (tertiary/aromatic N) is 1. The van der Waals surface area contributed by atoms with Gasteiger partial charge in [0.25, 0.3) is 0 Å². The molecule has 2 saturated heterocycles. The molecular weight excluding hydrogens is 194 g/mol. The van der Waals surface area contributed by atoms with Crippen LogP contribution in [0.15, 0.2) is 0 Å². The van der Waals surface area contributed by atoms with Crippen LogP contribution in [-0.4, -0.2) is 42.4 Å². The fourth-order valence-electron chi connectivity index (χ4n) is 2.72.